The van der Waals surface area contributed by atoms with Gasteiger partial charge in [0.2, 0.25) is 0 Å². The largest absolute Gasteiger partial charge is 0.325 e. The lowest BCUT2D eigenvalue weighted by Gasteiger charge is -2.34. The van der Waals surface area contributed by atoms with Crippen molar-refractivity contribution in [1.29, 1.82) is 0 Å². The monoisotopic (exact) mass is 249 g/mol. The highest BCUT2D eigenvalue weighted by Gasteiger charge is 2.16. The molecular weight excluding hydrogens is 217 g/mol. The van der Waals surface area contributed by atoms with Crippen molar-refractivity contribution in [2.75, 3.05) is 26.2 Å². The van der Waals surface area contributed by atoms with Gasteiger partial charge in [0, 0.05) is 0 Å². The minimum atomic E-state index is -0.889. The van der Waals surface area contributed by atoms with Crippen molar-refractivity contribution in [3.05, 3.63) is 50.2 Å². The van der Waals surface area contributed by atoms with E-state index < -0.39 is 6.15 Å². The molecule has 0 aromatic rings. The van der Waals surface area contributed by atoms with Gasteiger partial charge in [0.1, 0.15) is 0 Å². The van der Waals surface area contributed by atoms with Crippen LogP contribution in [0, 0.1) is 0 Å². The zero-order valence-corrected chi connectivity index (χ0v) is 13.0. The first-order chi connectivity index (χ1) is 8.49. The number of nitrogens with zero attached hydrogens (tertiary/aromatic N) is 1. The second-order valence-corrected chi connectivity index (χ2v) is 4.70. The van der Waals surface area contributed by atoms with Crippen LogP contribution in [0.15, 0.2) is 50.2 Å². The van der Waals surface area contributed by atoms with Crippen molar-refractivity contribution in [3.63, 3.8) is 0 Å². The molecule has 0 unspecified atom stereocenters. The Hall–Kier alpha value is -1.02. The van der Waals surface area contributed by atoms with Gasteiger partial charge < -0.3 is 4.48 Å². The molecule has 0 aromatic heterocycles. The van der Waals surface area contributed by atoms with Gasteiger partial charge in [0.15, 0.2) is 0 Å². The Labute approximate surface area is 115 Å². The van der Waals surface area contributed by atoms with Gasteiger partial charge >= 0.3 is 0 Å². The number of rotatable bonds is 8. The Kier molecular flexibility index (Phi) is 10.7. The predicted molar refractivity (Wildman–Crippen MR) is 89.0 cm³/mol. The van der Waals surface area contributed by atoms with E-state index in [0.29, 0.717) is 0 Å². The molecule has 0 atom stereocenters. The molecule has 1 nitrogen and oxygen atoms in total. The summed E-state index contributed by atoms with van der Waals surface area (Å²) in [5.41, 5.74) is 0. The summed E-state index contributed by atoms with van der Waals surface area (Å²) < 4.78 is 1.28. The van der Waals surface area contributed by atoms with Crippen LogP contribution < -0.4 is 0 Å². The van der Waals surface area contributed by atoms with Crippen molar-refractivity contribution in [2.45, 2.75) is 27.7 Å². The number of hydrogen-bond acceptors (Lipinski definition) is 0. The Morgan fingerprint density at radius 1 is 0.667 bits per heavy atom. The maximum Gasteiger partial charge on any atom is 0.0757 e. The third-order valence-corrected chi connectivity index (χ3v) is 4.32. The molecule has 2 heteroatoms. The lowest BCUT2D eigenvalue weighted by molar-refractivity contribution is -0.921. The van der Waals surface area contributed by atoms with Gasteiger partial charge in [-0.3, -0.25) is 0 Å². The highest BCUT2D eigenvalue weighted by atomic mass is 15.3. The predicted octanol–water partition coefficient (Wildman–Crippen LogP) is 4.22. The summed E-state index contributed by atoms with van der Waals surface area (Å²) in [5.74, 6) is 7.25. The fourth-order valence-electron chi connectivity index (χ4n) is 1.92. The molecule has 0 radical (unpaired) electrons. The fourth-order valence-corrected chi connectivity index (χ4v) is 1.92. The van der Waals surface area contributed by atoms with Crippen LogP contribution in [0.2, 0.25) is 0 Å². The summed E-state index contributed by atoms with van der Waals surface area (Å²) >= 11 is 0. The molecule has 0 bridgehead atoms. The number of hydrogen-bond donors (Lipinski definition) is 0. The zero-order chi connectivity index (χ0) is 14.7. The van der Waals surface area contributed by atoms with Crippen molar-refractivity contribution in [2.24, 2.45) is 0 Å². The summed E-state index contributed by atoms with van der Waals surface area (Å²) in [4.78, 5) is 0. The second kappa shape index (κ2) is 9.96. The van der Waals surface area contributed by atoms with Crippen LogP contribution in [0.3, 0.4) is 0 Å². The van der Waals surface area contributed by atoms with E-state index >= 15 is 0 Å². The quantitative estimate of drug-likeness (QED) is 0.446. The standard InChI is InChI=1S/C8H12B.C8H20N/c2*1-5-9(6-2,7-3)8-4/h5-8H,1-4H2;5-8H2,1-4H3/q-1;+1. The van der Waals surface area contributed by atoms with Crippen LogP contribution in [0.5, 0.6) is 0 Å². The first-order valence-electron chi connectivity index (χ1n) is 7.06. The van der Waals surface area contributed by atoms with E-state index in [1.807, 2.05) is 23.9 Å². The molecule has 0 fully saturated rings. The minimum absolute atomic E-state index is 0.889. The van der Waals surface area contributed by atoms with Gasteiger partial charge in [-0.15, -0.1) is 26.3 Å². The van der Waals surface area contributed by atoms with Gasteiger partial charge in [-0.2, -0.15) is 0 Å². The molecule has 0 N–H and O–H groups in total. The van der Waals surface area contributed by atoms with E-state index in [4.69, 9.17) is 0 Å². The molecule has 0 saturated heterocycles. The van der Waals surface area contributed by atoms with Crippen LogP contribution in [-0.4, -0.2) is 36.8 Å². The van der Waals surface area contributed by atoms with E-state index in [2.05, 4.69) is 54.0 Å². The first-order valence-corrected chi connectivity index (χ1v) is 7.06. The van der Waals surface area contributed by atoms with Crippen LogP contribution >= 0.6 is 0 Å². The lowest BCUT2D eigenvalue weighted by Crippen LogP contribution is -2.47. The molecule has 0 amide bonds. The Morgan fingerprint density at radius 2 is 0.889 bits per heavy atom. The summed E-state index contributed by atoms with van der Waals surface area (Å²) in [7, 11) is 0. The minimum Gasteiger partial charge on any atom is -0.325 e. The normalized spacial score (nSPS) is 10.9. The maximum absolute atomic E-state index is 3.66. The Balaban J connectivity index is 0. The van der Waals surface area contributed by atoms with Crippen molar-refractivity contribution < 1.29 is 4.48 Å². The number of quaternary nitrogens is 1. The van der Waals surface area contributed by atoms with Crippen LogP contribution in [0.25, 0.3) is 0 Å². The van der Waals surface area contributed by atoms with Crippen LogP contribution in [0.4, 0.5) is 0 Å². The molecule has 0 aromatic carbocycles. The third-order valence-electron chi connectivity index (χ3n) is 4.32. The molecule has 0 aliphatic carbocycles. The summed E-state index contributed by atoms with van der Waals surface area (Å²) in [6.45, 7) is 28.9. The van der Waals surface area contributed by atoms with Gasteiger partial charge in [-0.05, 0) is 27.7 Å². The van der Waals surface area contributed by atoms with Gasteiger partial charge in [-0.1, -0.05) is 0 Å². The maximum atomic E-state index is 3.66. The summed E-state index contributed by atoms with van der Waals surface area (Å²) in [6.07, 6.45) is -0.889. The molecule has 0 heterocycles. The molecular formula is C16H32BN. The van der Waals surface area contributed by atoms with Gasteiger partial charge in [0.25, 0.3) is 0 Å². The summed E-state index contributed by atoms with van der Waals surface area (Å²) in [5, 5.41) is 0. The van der Waals surface area contributed by atoms with Crippen molar-refractivity contribution >= 4 is 6.15 Å². The second-order valence-electron chi connectivity index (χ2n) is 4.70. The first kappa shape index (κ1) is 19.3. The SMILES string of the molecule is C=C[B-](C=C)(C=C)C=C.CC[N+](CC)(CC)CC. The van der Waals surface area contributed by atoms with Crippen molar-refractivity contribution in [3.8, 4) is 0 Å². The Bertz CT molecular complexity index is 209. The zero-order valence-electron chi connectivity index (χ0n) is 13.0. The van der Waals surface area contributed by atoms with E-state index in [1.165, 1.54) is 30.7 Å². The van der Waals surface area contributed by atoms with E-state index in [9.17, 15) is 0 Å². The highest BCUT2D eigenvalue weighted by molar-refractivity contribution is 6.97. The van der Waals surface area contributed by atoms with E-state index in [-0.39, 0.29) is 0 Å². The third kappa shape index (κ3) is 5.55. The lowest BCUT2D eigenvalue weighted by atomic mass is 9.26. The molecule has 0 spiro atoms. The van der Waals surface area contributed by atoms with Crippen molar-refractivity contribution in [1.82, 2.24) is 0 Å². The van der Waals surface area contributed by atoms with Gasteiger partial charge in [-0.25, -0.2) is 23.9 Å². The Morgan fingerprint density at radius 3 is 0.889 bits per heavy atom. The molecule has 18 heavy (non-hydrogen) atoms. The average Bonchev–Trinajstić information content (AvgIpc) is 2.46. The fraction of sp³-hybridized carbons (Fsp3) is 0.500. The van der Waals surface area contributed by atoms with E-state index in [1.54, 1.807) is 0 Å². The highest BCUT2D eigenvalue weighted by Crippen LogP contribution is 2.06. The molecule has 0 aliphatic heterocycles. The average molecular weight is 249 g/mol. The molecule has 0 saturated carbocycles. The molecule has 0 rings (SSSR count). The van der Waals surface area contributed by atoms with E-state index in [0.717, 1.165) is 0 Å². The summed E-state index contributed by atoms with van der Waals surface area (Å²) in [6, 6.07) is 0. The molecule has 0 aliphatic rings. The topological polar surface area (TPSA) is 0 Å². The molecule has 104 valence electrons. The van der Waals surface area contributed by atoms with Crippen LogP contribution in [-0.2, 0) is 0 Å². The van der Waals surface area contributed by atoms with Crippen LogP contribution in [0.1, 0.15) is 27.7 Å². The van der Waals surface area contributed by atoms with Gasteiger partial charge in [0.05, 0.1) is 32.3 Å². The smallest absolute Gasteiger partial charge is 0.0757 e.